The number of amides is 1. The Kier molecular flexibility index (Phi) is 9.66. The second-order valence-electron chi connectivity index (χ2n) is 16.2. The number of fused-ring (bicyclic) bond motifs is 5. The Bertz CT molecular complexity index is 2240. The quantitative estimate of drug-likeness (QED) is 0.233. The molecule has 2 aromatic carbocycles. The summed E-state index contributed by atoms with van der Waals surface area (Å²) in [4.78, 5) is 27.8. The van der Waals surface area contributed by atoms with Crippen molar-refractivity contribution in [3.05, 3.63) is 77.0 Å². The monoisotopic (exact) mass is 752 g/mol. The van der Waals surface area contributed by atoms with E-state index in [1.54, 1.807) is 36.0 Å². The zero-order valence-electron chi connectivity index (χ0n) is 32.2. The number of allylic oxidation sites excluding steroid dienone is 1. The summed E-state index contributed by atoms with van der Waals surface area (Å²) in [7, 11) is 3.87. The average molecular weight is 753 g/mol. The lowest BCUT2D eigenvalue weighted by molar-refractivity contribution is 0.0131. The normalized spacial score (nSPS) is 28.9. The molecule has 54 heavy (non-hydrogen) atoms. The van der Waals surface area contributed by atoms with Gasteiger partial charge < -0.3 is 19.3 Å². The van der Waals surface area contributed by atoms with Gasteiger partial charge >= 0.3 is 0 Å². The highest BCUT2D eigenvalue weighted by Crippen LogP contribution is 2.47. The first kappa shape index (κ1) is 36.5. The molecule has 0 saturated heterocycles. The summed E-state index contributed by atoms with van der Waals surface area (Å²) >= 11 is 0. The Labute approximate surface area is 318 Å². The highest BCUT2D eigenvalue weighted by atomic mass is 32.2. The van der Waals surface area contributed by atoms with Crippen LogP contribution in [0.5, 0.6) is 5.75 Å². The van der Waals surface area contributed by atoms with Gasteiger partial charge in [-0.3, -0.25) is 14.2 Å². The van der Waals surface area contributed by atoms with Crippen LogP contribution in [0.2, 0.25) is 0 Å². The fourth-order valence-corrected chi connectivity index (χ4v) is 10.9. The number of methoxy groups -OCH3 is 1. The Morgan fingerprint density at radius 2 is 1.98 bits per heavy atom. The predicted molar refractivity (Wildman–Crippen MR) is 214 cm³/mol. The van der Waals surface area contributed by atoms with Crippen LogP contribution in [0.15, 0.2) is 59.1 Å². The molecule has 8 rings (SSSR count). The second kappa shape index (κ2) is 14.3. The van der Waals surface area contributed by atoms with Crippen LogP contribution in [0.3, 0.4) is 0 Å². The number of aromatic nitrogens is 4. The molecule has 2 aromatic heterocycles. The molecule has 1 saturated carbocycles. The topological polar surface area (TPSA) is 127 Å². The number of nitrogens with zero attached hydrogens (tertiary/aromatic N) is 7. The van der Waals surface area contributed by atoms with Crippen molar-refractivity contribution >= 4 is 44.3 Å². The van der Waals surface area contributed by atoms with Crippen molar-refractivity contribution < 1.29 is 18.5 Å². The minimum Gasteiger partial charge on any atom is -0.490 e. The van der Waals surface area contributed by atoms with Crippen molar-refractivity contribution in [1.82, 2.24) is 19.7 Å². The molecule has 6 atom stereocenters. The lowest BCUT2D eigenvalue weighted by Gasteiger charge is -2.46. The van der Waals surface area contributed by atoms with Crippen LogP contribution >= 0.6 is 0 Å². The zero-order valence-corrected chi connectivity index (χ0v) is 33.1. The number of nitrogens with one attached hydrogen (secondary N) is 1. The Morgan fingerprint density at radius 1 is 1.13 bits per heavy atom. The van der Waals surface area contributed by atoms with E-state index in [-0.39, 0.29) is 23.2 Å². The molecule has 1 fully saturated rings. The van der Waals surface area contributed by atoms with Crippen molar-refractivity contribution in [2.45, 2.75) is 63.9 Å². The maximum absolute atomic E-state index is 15.1. The summed E-state index contributed by atoms with van der Waals surface area (Å²) in [6, 6.07) is 12.4. The molecule has 12 nitrogen and oxygen atoms in total. The maximum Gasteiger partial charge on any atom is 0.286 e. The third kappa shape index (κ3) is 6.96. The molecule has 2 aliphatic carbocycles. The van der Waals surface area contributed by atoms with Crippen LogP contribution in [0, 0.1) is 24.7 Å². The van der Waals surface area contributed by atoms with Crippen LogP contribution in [0.25, 0.3) is 11.0 Å². The lowest BCUT2D eigenvalue weighted by atomic mass is 9.68. The zero-order chi connectivity index (χ0) is 37.8. The van der Waals surface area contributed by atoms with E-state index in [1.165, 1.54) is 16.7 Å². The van der Waals surface area contributed by atoms with Gasteiger partial charge in [-0.1, -0.05) is 42.8 Å². The number of hydrogen-bond acceptors (Lipinski definition) is 9. The average Bonchev–Trinajstić information content (AvgIpc) is 3.43. The molecule has 0 radical (unpaired) electrons. The van der Waals surface area contributed by atoms with Crippen molar-refractivity contribution in [2.75, 3.05) is 61.2 Å². The van der Waals surface area contributed by atoms with Gasteiger partial charge in [-0.25, -0.2) is 4.21 Å². The van der Waals surface area contributed by atoms with Gasteiger partial charge in [0.25, 0.3) is 5.91 Å². The van der Waals surface area contributed by atoms with E-state index in [0.29, 0.717) is 53.2 Å². The molecule has 4 aliphatic rings. The van der Waals surface area contributed by atoms with Gasteiger partial charge in [0, 0.05) is 58.5 Å². The highest BCUT2D eigenvalue weighted by Gasteiger charge is 2.44. The SMILES string of the molecule is CO[C@H]1/C=C/C[C@H](C)CS(=O)(Nc2nc(N(C)C)nc3nn(C)cc23)=NC(=O)c2ccc3c(c2)N(C[C@@H]2CC[C@H]21)C[C@@]1(CCCc2cc(C)ccc21)CO3. The molecule has 13 heteroatoms. The van der Waals surface area contributed by atoms with Gasteiger partial charge in [-0.2, -0.15) is 15.1 Å². The summed E-state index contributed by atoms with van der Waals surface area (Å²) < 4.78 is 37.3. The third-order valence-corrected chi connectivity index (χ3v) is 13.8. The number of hydrogen-bond donors (Lipinski definition) is 1. The molecule has 286 valence electrons. The Morgan fingerprint density at radius 3 is 2.76 bits per heavy atom. The number of anilines is 3. The largest absolute Gasteiger partial charge is 0.490 e. The molecule has 1 amide bonds. The fraction of sp³-hybridized carbons (Fsp3) is 0.512. The van der Waals surface area contributed by atoms with Gasteiger partial charge in [-0.05, 0) is 92.5 Å². The first-order valence-electron chi connectivity index (χ1n) is 19.2. The van der Waals surface area contributed by atoms with Gasteiger partial charge in [0.2, 0.25) is 5.95 Å². The van der Waals surface area contributed by atoms with E-state index in [9.17, 15) is 4.79 Å². The first-order chi connectivity index (χ1) is 25.9. The summed E-state index contributed by atoms with van der Waals surface area (Å²) in [6.07, 6.45) is 12.2. The molecule has 1 spiro atoms. The number of ether oxygens (including phenoxy) is 2. The van der Waals surface area contributed by atoms with E-state index in [1.807, 2.05) is 33.2 Å². The number of benzene rings is 2. The van der Waals surface area contributed by atoms with E-state index >= 15 is 4.21 Å². The molecular weight excluding hydrogens is 701 g/mol. The summed E-state index contributed by atoms with van der Waals surface area (Å²) in [5, 5.41) is 5.08. The van der Waals surface area contributed by atoms with Gasteiger partial charge in [-0.15, -0.1) is 4.36 Å². The van der Waals surface area contributed by atoms with E-state index in [0.717, 1.165) is 56.6 Å². The molecular formula is C41H52N8O4S. The van der Waals surface area contributed by atoms with Gasteiger partial charge in [0.1, 0.15) is 15.7 Å². The van der Waals surface area contributed by atoms with Crippen LogP contribution in [0.4, 0.5) is 17.5 Å². The summed E-state index contributed by atoms with van der Waals surface area (Å²) in [5.74, 6) is 1.77. The Hall–Kier alpha value is -4.49. The van der Waals surface area contributed by atoms with Crippen LogP contribution in [-0.4, -0.2) is 82.6 Å². The standard InChI is InChI=1S/C41H52N8O4S/c1-26-12-16-33-28(19-26)10-8-18-41(33)24-49-21-30-13-15-31(30)35(52-6)11-7-9-27(2)23-54(51,46-39(50)29-14-17-36(53-25-41)34(49)20-29)45-38-32-22-48(5)44-37(32)42-40(43-38)47(3)4/h7,11-12,14,16-17,19-20,22,27,30-31,35H,8-10,13,15,18,21,23-25H2,1-6H3,(H,42,43,44,45,46,50,51)/b11-7+/t27-,30-,31+,35-,41-,54?/m0/s1. The van der Waals surface area contributed by atoms with Crippen molar-refractivity contribution in [3.8, 4) is 5.75 Å². The lowest BCUT2D eigenvalue weighted by Crippen LogP contribution is -2.49. The van der Waals surface area contributed by atoms with Crippen molar-refractivity contribution in [2.24, 2.45) is 29.2 Å². The molecule has 1 N–H and O–H groups in total. The number of rotatable bonds is 4. The smallest absolute Gasteiger partial charge is 0.286 e. The maximum atomic E-state index is 15.1. The van der Waals surface area contributed by atoms with Crippen molar-refractivity contribution in [3.63, 3.8) is 0 Å². The molecule has 4 aromatic rings. The molecule has 4 heterocycles. The molecule has 2 aliphatic heterocycles. The fourth-order valence-electron chi connectivity index (χ4n) is 8.96. The summed E-state index contributed by atoms with van der Waals surface area (Å²) in [6.45, 7) is 6.36. The Balaban J connectivity index is 1.23. The second-order valence-corrected chi connectivity index (χ2v) is 18.2. The van der Waals surface area contributed by atoms with Crippen LogP contribution < -0.4 is 19.3 Å². The highest BCUT2D eigenvalue weighted by molar-refractivity contribution is 7.95. The summed E-state index contributed by atoms with van der Waals surface area (Å²) in [5.41, 5.74) is 5.58. The van der Waals surface area contributed by atoms with Crippen LogP contribution in [-0.2, 0) is 33.5 Å². The number of carbonyl (C=O) groups is 1. The number of aryl methyl sites for hydroxylation is 3. The molecule has 2 bridgehead atoms. The third-order valence-electron chi connectivity index (χ3n) is 11.8. The van der Waals surface area contributed by atoms with Gasteiger partial charge in [0.05, 0.1) is 29.5 Å². The van der Waals surface area contributed by atoms with E-state index in [2.05, 4.69) is 61.3 Å². The minimum atomic E-state index is -3.40. The van der Waals surface area contributed by atoms with Gasteiger partial charge in [0.15, 0.2) is 11.5 Å². The first-order valence-corrected chi connectivity index (χ1v) is 20.9. The predicted octanol–water partition coefficient (Wildman–Crippen LogP) is 6.48. The van der Waals surface area contributed by atoms with E-state index < -0.39 is 15.8 Å². The van der Waals surface area contributed by atoms with E-state index in [4.69, 9.17) is 14.5 Å². The van der Waals surface area contributed by atoms with Crippen molar-refractivity contribution in [1.29, 1.82) is 0 Å². The number of carbonyl (C=O) groups excluding carboxylic acids is 1. The molecule has 1 unspecified atom stereocenters. The minimum absolute atomic E-state index is 0.0247. The van der Waals surface area contributed by atoms with Crippen LogP contribution in [0.1, 0.15) is 66.1 Å².